The third-order valence-corrected chi connectivity index (χ3v) is 4.46. The van der Waals surface area contributed by atoms with Crippen LogP contribution in [0, 0.1) is 10.1 Å². The maximum absolute atomic E-state index is 11.1. The van der Waals surface area contributed by atoms with E-state index in [2.05, 4.69) is 4.98 Å². The number of nitrogens with zero attached hydrogens (tertiary/aromatic N) is 3. The van der Waals surface area contributed by atoms with Gasteiger partial charge in [-0.25, -0.2) is 4.98 Å². The summed E-state index contributed by atoms with van der Waals surface area (Å²) in [5.74, 6) is 0.356. The number of benzene rings is 2. The molecule has 0 saturated carbocycles. The average molecular weight is 471 g/mol. The summed E-state index contributed by atoms with van der Waals surface area (Å²) >= 11 is 17.9. The van der Waals surface area contributed by atoms with Crippen molar-refractivity contribution in [2.24, 2.45) is 0 Å². The van der Waals surface area contributed by atoms with Crippen molar-refractivity contribution in [1.82, 2.24) is 9.55 Å². The fourth-order valence-corrected chi connectivity index (χ4v) is 3.00. The molecule has 30 heavy (non-hydrogen) atoms. The van der Waals surface area contributed by atoms with Gasteiger partial charge in [0.05, 0.1) is 5.02 Å². The number of ether oxygens (including phenoxy) is 2. The molecule has 0 aliphatic heterocycles. The van der Waals surface area contributed by atoms with E-state index in [1.54, 1.807) is 42.5 Å². The van der Waals surface area contributed by atoms with Gasteiger partial charge in [-0.05, 0) is 42.5 Å². The van der Waals surface area contributed by atoms with Crippen LogP contribution in [0.5, 0.6) is 5.75 Å². The van der Waals surface area contributed by atoms with Gasteiger partial charge in [0.25, 0.3) is 0 Å². The lowest BCUT2D eigenvalue weighted by Crippen LogP contribution is -2.12. The molecular formula is C19H14Cl3N3O5. The molecule has 0 aliphatic rings. The molecule has 0 radical (unpaired) electrons. The van der Waals surface area contributed by atoms with Crippen LogP contribution < -0.4 is 4.74 Å². The quantitative estimate of drug-likeness (QED) is 0.179. The monoisotopic (exact) mass is 469 g/mol. The minimum atomic E-state index is -0.932. The first-order chi connectivity index (χ1) is 14.4. The molecule has 0 unspecified atom stereocenters. The van der Waals surface area contributed by atoms with E-state index in [0.29, 0.717) is 26.4 Å². The Morgan fingerprint density at radius 2 is 1.80 bits per heavy atom. The van der Waals surface area contributed by atoms with E-state index in [1.807, 2.05) is 0 Å². The van der Waals surface area contributed by atoms with Crippen LogP contribution in [0.25, 0.3) is 11.6 Å². The predicted octanol–water partition coefficient (Wildman–Crippen LogP) is 5.43. The first-order valence-electron chi connectivity index (χ1n) is 8.45. The summed E-state index contributed by atoms with van der Waals surface area (Å²) in [6, 6.07) is 11.4. The molecule has 0 aliphatic carbocycles. The predicted molar refractivity (Wildman–Crippen MR) is 113 cm³/mol. The Morgan fingerprint density at radius 3 is 2.43 bits per heavy atom. The van der Waals surface area contributed by atoms with Crippen molar-refractivity contribution in [3.8, 4) is 5.75 Å². The number of halogens is 3. The van der Waals surface area contributed by atoms with Gasteiger partial charge in [-0.1, -0.05) is 34.8 Å². The molecule has 0 amide bonds. The maximum Gasteiger partial charge on any atom is 0.301 e. The highest BCUT2D eigenvalue weighted by Gasteiger charge is 2.18. The standard InChI is InChI=1S/C19H14Cl3N3O5/c20-14-3-1-13(2-4-14)18(19(30-25(26)27)24-8-7-23-12-24)29-10-9-28-17-6-5-15(21)11-16(17)22/h1-8,11-12H,9-10H2/b19-18+. The van der Waals surface area contributed by atoms with E-state index in [9.17, 15) is 10.1 Å². The van der Waals surface area contributed by atoms with E-state index in [-0.39, 0.29) is 24.9 Å². The fraction of sp³-hybridized carbons (Fsp3) is 0.105. The minimum absolute atomic E-state index is 0.0379. The van der Waals surface area contributed by atoms with E-state index in [1.165, 1.54) is 23.3 Å². The van der Waals surface area contributed by atoms with Crippen molar-refractivity contribution in [2.75, 3.05) is 13.2 Å². The van der Waals surface area contributed by atoms with Crippen LogP contribution in [0.2, 0.25) is 15.1 Å². The maximum atomic E-state index is 11.1. The second-order valence-corrected chi connectivity index (χ2v) is 6.98. The summed E-state index contributed by atoms with van der Waals surface area (Å²) in [7, 11) is 0. The second kappa shape index (κ2) is 10.2. The summed E-state index contributed by atoms with van der Waals surface area (Å²) in [4.78, 5) is 19.7. The number of imidazole rings is 1. The number of hydrogen-bond donors (Lipinski definition) is 0. The Labute approximate surface area is 186 Å². The molecule has 2 aromatic carbocycles. The second-order valence-electron chi connectivity index (χ2n) is 5.70. The molecule has 156 valence electrons. The van der Waals surface area contributed by atoms with Crippen LogP contribution in [0.15, 0.2) is 61.2 Å². The van der Waals surface area contributed by atoms with Gasteiger partial charge in [0.1, 0.15) is 25.3 Å². The van der Waals surface area contributed by atoms with Crippen LogP contribution in [-0.4, -0.2) is 27.9 Å². The topological polar surface area (TPSA) is 88.7 Å². The first-order valence-corrected chi connectivity index (χ1v) is 9.59. The van der Waals surface area contributed by atoms with Crippen molar-refractivity contribution in [1.29, 1.82) is 0 Å². The summed E-state index contributed by atoms with van der Waals surface area (Å²) in [6.07, 6.45) is 4.29. The summed E-state index contributed by atoms with van der Waals surface area (Å²) < 4.78 is 12.7. The SMILES string of the molecule is O=[N+]([O-])O/C(=C(/OCCOc1ccc(Cl)cc1Cl)c1ccc(Cl)cc1)n1ccnc1. The highest BCUT2D eigenvalue weighted by Crippen LogP contribution is 2.28. The van der Waals surface area contributed by atoms with Crippen LogP contribution >= 0.6 is 34.8 Å². The van der Waals surface area contributed by atoms with E-state index in [0.717, 1.165) is 0 Å². The Hall–Kier alpha value is -2.94. The van der Waals surface area contributed by atoms with E-state index >= 15 is 0 Å². The number of hydrogen-bond acceptors (Lipinski definition) is 6. The summed E-state index contributed by atoms with van der Waals surface area (Å²) in [6.45, 7) is 0.143. The Morgan fingerprint density at radius 1 is 1.07 bits per heavy atom. The highest BCUT2D eigenvalue weighted by atomic mass is 35.5. The van der Waals surface area contributed by atoms with Crippen molar-refractivity contribution in [2.45, 2.75) is 0 Å². The molecule has 0 atom stereocenters. The Kier molecular flexibility index (Phi) is 7.40. The van der Waals surface area contributed by atoms with Crippen molar-refractivity contribution >= 4 is 46.4 Å². The smallest absolute Gasteiger partial charge is 0.301 e. The normalized spacial score (nSPS) is 11.6. The minimum Gasteiger partial charge on any atom is -0.488 e. The third kappa shape index (κ3) is 5.79. The third-order valence-electron chi connectivity index (χ3n) is 3.68. The van der Waals surface area contributed by atoms with Crippen LogP contribution in [0.3, 0.4) is 0 Å². The van der Waals surface area contributed by atoms with Crippen LogP contribution in [0.4, 0.5) is 0 Å². The van der Waals surface area contributed by atoms with Gasteiger partial charge in [0, 0.05) is 28.0 Å². The molecule has 1 aromatic heterocycles. The van der Waals surface area contributed by atoms with E-state index < -0.39 is 5.09 Å². The van der Waals surface area contributed by atoms with Gasteiger partial charge in [-0.2, -0.15) is 0 Å². The Bertz CT molecular complexity index is 1040. The Balaban J connectivity index is 1.84. The van der Waals surface area contributed by atoms with Crippen molar-refractivity contribution in [3.05, 3.63) is 91.9 Å². The summed E-state index contributed by atoms with van der Waals surface area (Å²) in [5, 5.41) is 11.5. The van der Waals surface area contributed by atoms with Gasteiger partial charge in [0.15, 0.2) is 5.76 Å². The molecule has 0 saturated heterocycles. The van der Waals surface area contributed by atoms with Gasteiger partial charge >= 0.3 is 5.09 Å². The lowest BCUT2D eigenvalue weighted by atomic mass is 10.2. The average Bonchev–Trinajstić information content (AvgIpc) is 3.23. The fourth-order valence-electron chi connectivity index (χ4n) is 2.41. The largest absolute Gasteiger partial charge is 0.488 e. The van der Waals surface area contributed by atoms with Crippen LogP contribution in [0.1, 0.15) is 5.56 Å². The molecule has 11 heteroatoms. The molecule has 8 nitrogen and oxygen atoms in total. The molecule has 3 aromatic rings. The molecular weight excluding hydrogens is 457 g/mol. The summed E-state index contributed by atoms with van der Waals surface area (Å²) in [5.41, 5.74) is 0.509. The van der Waals surface area contributed by atoms with Crippen LogP contribution in [-0.2, 0) is 9.57 Å². The van der Waals surface area contributed by atoms with E-state index in [4.69, 9.17) is 49.1 Å². The first kappa shape index (κ1) is 21.8. The number of aromatic nitrogens is 2. The van der Waals surface area contributed by atoms with Gasteiger partial charge < -0.3 is 9.47 Å². The molecule has 0 fully saturated rings. The van der Waals surface area contributed by atoms with Gasteiger partial charge in [0.2, 0.25) is 5.88 Å². The zero-order valence-corrected chi connectivity index (χ0v) is 17.5. The number of rotatable bonds is 9. The molecule has 0 spiro atoms. The lowest BCUT2D eigenvalue weighted by molar-refractivity contribution is -0.731. The zero-order valence-electron chi connectivity index (χ0n) is 15.2. The van der Waals surface area contributed by atoms with Gasteiger partial charge in [-0.3, -0.25) is 9.40 Å². The molecule has 0 N–H and O–H groups in total. The molecule has 0 bridgehead atoms. The molecule has 1 heterocycles. The lowest BCUT2D eigenvalue weighted by Gasteiger charge is -2.16. The van der Waals surface area contributed by atoms with Crippen molar-refractivity contribution < 1.29 is 19.4 Å². The highest BCUT2D eigenvalue weighted by molar-refractivity contribution is 6.35. The zero-order chi connectivity index (χ0) is 21.5. The molecule has 3 rings (SSSR count). The van der Waals surface area contributed by atoms with Gasteiger partial charge in [-0.15, -0.1) is 10.1 Å². The van der Waals surface area contributed by atoms with Crippen molar-refractivity contribution in [3.63, 3.8) is 0 Å².